The number of anilines is 2. The molecule has 25 heavy (non-hydrogen) atoms. The van der Waals surface area contributed by atoms with Crippen LogP contribution in [0.4, 0.5) is 11.6 Å². The molecule has 4 rings (SSSR count). The molecule has 0 saturated heterocycles. The van der Waals surface area contributed by atoms with Gasteiger partial charge in [0.05, 0.1) is 4.90 Å². The fourth-order valence-electron chi connectivity index (χ4n) is 2.50. The fourth-order valence-corrected chi connectivity index (χ4v) is 3.01. The molecule has 1 aromatic carbocycles. The van der Waals surface area contributed by atoms with E-state index >= 15 is 0 Å². The van der Waals surface area contributed by atoms with Gasteiger partial charge in [-0.25, -0.2) is 23.5 Å². The van der Waals surface area contributed by atoms with Crippen LogP contribution in [-0.2, 0) is 10.0 Å². The highest BCUT2D eigenvalue weighted by Gasteiger charge is 2.25. The van der Waals surface area contributed by atoms with Crippen LogP contribution in [0.1, 0.15) is 24.5 Å². The van der Waals surface area contributed by atoms with Crippen molar-refractivity contribution in [3.05, 3.63) is 48.3 Å². The van der Waals surface area contributed by atoms with E-state index in [4.69, 9.17) is 5.14 Å². The second-order valence-corrected chi connectivity index (χ2v) is 7.50. The van der Waals surface area contributed by atoms with Crippen molar-refractivity contribution in [3.8, 4) is 11.4 Å². The summed E-state index contributed by atoms with van der Waals surface area (Å²) >= 11 is 0. The van der Waals surface area contributed by atoms with Gasteiger partial charge in [-0.15, -0.1) is 0 Å². The summed E-state index contributed by atoms with van der Waals surface area (Å²) in [6.45, 7) is 0. The van der Waals surface area contributed by atoms with E-state index in [0.717, 1.165) is 5.69 Å². The fraction of sp³-hybridized carbons (Fsp3) is 0.188. The van der Waals surface area contributed by atoms with Crippen LogP contribution in [0.15, 0.2) is 47.5 Å². The highest BCUT2D eigenvalue weighted by Crippen LogP contribution is 2.39. The van der Waals surface area contributed by atoms with Gasteiger partial charge in [0.2, 0.25) is 10.0 Å². The lowest BCUT2D eigenvalue weighted by Gasteiger charge is -2.05. The third-order valence-corrected chi connectivity index (χ3v) is 4.90. The first-order valence-corrected chi connectivity index (χ1v) is 9.32. The molecular formula is C16H16N6O2S. The zero-order chi connectivity index (χ0) is 17.4. The lowest BCUT2D eigenvalue weighted by atomic mass is 10.2. The molecule has 2 aromatic heterocycles. The molecule has 1 aliphatic carbocycles. The van der Waals surface area contributed by atoms with Crippen LogP contribution in [-0.4, -0.2) is 28.6 Å². The Hall–Kier alpha value is -2.78. The second kappa shape index (κ2) is 5.94. The predicted molar refractivity (Wildman–Crippen MR) is 92.7 cm³/mol. The normalized spacial score (nSPS) is 14.4. The summed E-state index contributed by atoms with van der Waals surface area (Å²) < 4.78 is 22.6. The number of H-pyrrole nitrogens is 1. The van der Waals surface area contributed by atoms with E-state index in [1.54, 1.807) is 24.4 Å². The molecule has 4 N–H and O–H groups in total. The Labute approximate surface area is 144 Å². The van der Waals surface area contributed by atoms with E-state index in [0.29, 0.717) is 28.9 Å². The Morgan fingerprint density at radius 3 is 2.56 bits per heavy atom. The molecule has 128 valence electrons. The summed E-state index contributed by atoms with van der Waals surface area (Å²) in [5.41, 5.74) is 1.83. The van der Waals surface area contributed by atoms with Crippen LogP contribution in [0.2, 0.25) is 0 Å². The third kappa shape index (κ3) is 3.52. The number of rotatable bonds is 5. The molecular weight excluding hydrogens is 340 g/mol. The standard InChI is InChI=1S/C16H16N6O2S/c17-25(23,24)12-5-3-11(4-6-12)16-18-8-7-14(20-16)19-15-9-13(21-22-15)10-1-2-10/h3-10H,1-2H2,(H2,17,23,24)(H2,18,19,20,21,22). The van der Waals surface area contributed by atoms with E-state index in [9.17, 15) is 8.42 Å². The number of benzene rings is 1. The molecule has 0 spiro atoms. The highest BCUT2D eigenvalue weighted by atomic mass is 32.2. The molecule has 0 amide bonds. The van der Waals surface area contributed by atoms with Gasteiger partial charge in [0.25, 0.3) is 0 Å². The second-order valence-electron chi connectivity index (χ2n) is 5.94. The molecule has 0 radical (unpaired) electrons. The smallest absolute Gasteiger partial charge is 0.238 e. The van der Waals surface area contributed by atoms with E-state index in [2.05, 4.69) is 25.5 Å². The predicted octanol–water partition coefficient (Wildman–Crippen LogP) is 2.14. The molecule has 2 heterocycles. The zero-order valence-electron chi connectivity index (χ0n) is 13.2. The summed E-state index contributed by atoms with van der Waals surface area (Å²) in [5, 5.41) is 15.5. The van der Waals surface area contributed by atoms with Crippen molar-refractivity contribution in [2.45, 2.75) is 23.7 Å². The highest BCUT2D eigenvalue weighted by molar-refractivity contribution is 7.89. The summed E-state index contributed by atoms with van der Waals surface area (Å²) in [7, 11) is -3.72. The van der Waals surface area contributed by atoms with E-state index in [1.807, 2.05) is 6.07 Å². The Morgan fingerprint density at radius 2 is 1.88 bits per heavy atom. The summed E-state index contributed by atoms with van der Waals surface area (Å²) in [6, 6.07) is 9.85. The first kappa shape index (κ1) is 15.7. The molecule has 0 aliphatic heterocycles. The van der Waals surface area contributed by atoms with Gasteiger partial charge in [-0.2, -0.15) is 5.10 Å². The van der Waals surface area contributed by atoms with Crippen LogP contribution < -0.4 is 10.5 Å². The van der Waals surface area contributed by atoms with Crippen molar-refractivity contribution in [1.82, 2.24) is 20.2 Å². The number of sulfonamides is 1. The van der Waals surface area contributed by atoms with Gasteiger partial charge in [0.15, 0.2) is 11.6 Å². The Kier molecular flexibility index (Phi) is 3.74. The SMILES string of the molecule is NS(=O)(=O)c1ccc(-c2nccc(Nc3cc(C4CC4)[nH]n3)n2)cc1. The summed E-state index contributed by atoms with van der Waals surface area (Å²) in [6.07, 6.45) is 4.04. The first-order chi connectivity index (χ1) is 12.0. The Balaban J connectivity index is 1.56. The van der Waals surface area contributed by atoms with Crippen LogP contribution in [0.3, 0.4) is 0 Å². The lowest BCUT2D eigenvalue weighted by molar-refractivity contribution is 0.598. The minimum Gasteiger partial charge on any atom is -0.323 e. The van der Waals surface area contributed by atoms with Gasteiger partial charge in [0.1, 0.15) is 5.82 Å². The van der Waals surface area contributed by atoms with E-state index in [-0.39, 0.29) is 4.90 Å². The molecule has 3 aromatic rings. The maximum absolute atomic E-state index is 11.3. The van der Waals surface area contributed by atoms with Crippen molar-refractivity contribution in [2.75, 3.05) is 5.32 Å². The third-order valence-electron chi connectivity index (χ3n) is 3.97. The van der Waals surface area contributed by atoms with Gasteiger partial charge in [-0.05, 0) is 43.2 Å². The summed E-state index contributed by atoms with van der Waals surface area (Å²) in [4.78, 5) is 8.72. The lowest BCUT2D eigenvalue weighted by Crippen LogP contribution is -2.11. The molecule has 0 atom stereocenters. The molecule has 1 saturated carbocycles. The van der Waals surface area contributed by atoms with Crippen molar-refractivity contribution in [1.29, 1.82) is 0 Å². The number of nitrogens with one attached hydrogen (secondary N) is 2. The molecule has 9 heteroatoms. The van der Waals surface area contributed by atoms with Gasteiger partial charge in [-0.3, -0.25) is 5.10 Å². The number of hydrogen-bond acceptors (Lipinski definition) is 6. The van der Waals surface area contributed by atoms with E-state index in [1.165, 1.54) is 25.0 Å². The average Bonchev–Trinajstić information content (AvgIpc) is 3.35. The number of nitrogens with zero attached hydrogens (tertiary/aromatic N) is 3. The Bertz CT molecular complexity index is 1010. The van der Waals surface area contributed by atoms with Gasteiger partial charge in [0, 0.05) is 29.4 Å². The van der Waals surface area contributed by atoms with Crippen molar-refractivity contribution in [2.24, 2.45) is 5.14 Å². The largest absolute Gasteiger partial charge is 0.323 e. The van der Waals surface area contributed by atoms with Crippen molar-refractivity contribution in [3.63, 3.8) is 0 Å². The minimum absolute atomic E-state index is 0.0506. The number of aromatic amines is 1. The number of aromatic nitrogens is 4. The molecule has 8 nitrogen and oxygen atoms in total. The van der Waals surface area contributed by atoms with E-state index < -0.39 is 10.0 Å². The maximum atomic E-state index is 11.3. The Morgan fingerprint density at radius 1 is 1.12 bits per heavy atom. The van der Waals surface area contributed by atoms with Crippen molar-refractivity contribution < 1.29 is 8.42 Å². The molecule has 1 aliphatic rings. The van der Waals surface area contributed by atoms with Gasteiger partial charge >= 0.3 is 0 Å². The zero-order valence-corrected chi connectivity index (χ0v) is 14.0. The maximum Gasteiger partial charge on any atom is 0.238 e. The molecule has 0 unspecified atom stereocenters. The van der Waals surface area contributed by atoms with Crippen molar-refractivity contribution >= 4 is 21.7 Å². The summed E-state index contributed by atoms with van der Waals surface area (Å²) in [5.74, 6) is 2.38. The van der Waals surface area contributed by atoms with Crippen LogP contribution in [0, 0.1) is 0 Å². The number of hydrogen-bond donors (Lipinski definition) is 3. The van der Waals surface area contributed by atoms with Crippen LogP contribution in [0.5, 0.6) is 0 Å². The van der Waals surface area contributed by atoms with Gasteiger partial charge in [-0.1, -0.05) is 0 Å². The monoisotopic (exact) mass is 356 g/mol. The molecule has 1 fully saturated rings. The average molecular weight is 356 g/mol. The quantitative estimate of drug-likeness (QED) is 0.643. The topological polar surface area (TPSA) is 127 Å². The van der Waals surface area contributed by atoms with Gasteiger partial charge < -0.3 is 5.32 Å². The van der Waals surface area contributed by atoms with Crippen LogP contribution >= 0.6 is 0 Å². The number of nitrogens with two attached hydrogens (primary N) is 1. The minimum atomic E-state index is -3.72. The first-order valence-electron chi connectivity index (χ1n) is 7.78. The number of primary sulfonamides is 1. The molecule has 0 bridgehead atoms. The van der Waals surface area contributed by atoms with Crippen LogP contribution in [0.25, 0.3) is 11.4 Å².